The molecule has 0 atom stereocenters. The number of aryl methyl sites for hydroxylation is 1. The van der Waals surface area contributed by atoms with Gasteiger partial charge in [-0.3, -0.25) is 20.2 Å². The Labute approximate surface area is 111 Å². The molecule has 2 rings (SSSR count). The highest BCUT2D eigenvalue weighted by Gasteiger charge is 2.16. The van der Waals surface area contributed by atoms with Crippen LogP contribution < -0.4 is 5.32 Å². The Morgan fingerprint density at radius 3 is 2.79 bits per heavy atom. The summed E-state index contributed by atoms with van der Waals surface area (Å²) in [5.41, 5.74) is -0.127. The lowest BCUT2D eigenvalue weighted by Crippen LogP contribution is -2.12. The number of aromatic nitrogens is 2. The van der Waals surface area contributed by atoms with Crippen molar-refractivity contribution in [3.8, 4) is 0 Å². The van der Waals surface area contributed by atoms with Gasteiger partial charge in [0.25, 0.3) is 11.6 Å². The third-order valence-electron chi connectivity index (χ3n) is 2.16. The summed E-state index contributed by atoms with van der Waals surface area (Å²) in [5, 5.41) is 16.3. The quantitative estimate of drug-likeness (QED) is 0.682. The number of carbonyl (C=O) groups is 1. The van der Waals surface area contributed by atoms with Gasteiger partial charge >= 0.3 is 6.01 Å². The molecule has 9 heteroatoms. The number of rotatable bonds is 3. The minimum atomic E-state index is -0.602. The van der Waals surface area contributed by atoms with Crippen LogP contribution in [0.15, 0.2) is 22.7 Å². The molecule has 0 fully saturated rings. The topological polar surface area (TPSA) is 111 Å². The molecule has 98 valence electrons. The second-order valence-corrected chi connectivity index (χ2v) is 3.93. The van der Waals surface area contributed by atoms with Crippen LogP contribution in [0.2, 0.25) is 5.02 Å². The minimum Gasteiger partial charge on any atom is -0.315 e. The molecule has 1 heterocycles. The summed E-state index contributed by atoms with van der Waals surface area (Å²) in [5.74, 6) is -0.228. The lowest BCUT2D eigenvalue weighted by Gasteiger charge is -2.02. The average molecular weight is 283 g/mol. The van der Waals surface area contributed by atoms with Crippen molar-refractivity contribution < 1.29 is 14.2 Å². The molecule has 1 N–H and O–H groups in total. The van der Waals surface area contributed by atoms with Gasteiger partial charge in [-0.25, -0.2) is 0 Å². The van der Waals surface area contributed by atoms with Crippen LogP contribution >= 0.6 is 11.6 Å². The van der Waals surface area contributed by atoms with Gasteiger partial charge in [-0.2, -0.15) is 4.98 Å². The van der Waals surface area contributed by atoms with Crippen molar-refractivity contribution in [3.63, 3.8) is 0 Å². The zero-order chi connectivity index (χ0) is 14.0. The summed E-state index contributed by atoms with van der Waals surface area (Å²) in [6, 6.07) is 3.45. The standard InChI is InChI=1S/C10H7ClN4O4/c1-5-12-10(19-14-5)13-9(16)7-3-2-6(15(17)18)4-8(7)11/h2-4H,1H3,(H,12,13,14,16). The number of nitro groups is 1. The monoisotopic (exact) mass is 282 g/mol. The van der Waals surface area contributed by atoms with E-state index in [9.17, 15) is 14.9 Å². The van der Waals surface area contributed by atoms with Crippen molar-refractivity contribution in [1.29, 1.82) is 0 Å². The van der Waals surface area contributed by atoms with Crippen LogP contribution in [0.25, 0.3) is 0 Å². The maximum Gasteiger partial charge on any atom is 0.328 e. The van der Waals surface area contributed by atoms with Crippen molar-refractivity contribution in [1.82, 2.24) is 10.1 Å². The van der Waals surface area contributed by atoms with Gasteiger partial charge in [0, 0.05) is 12.1 Å². The molecular weight excluding hydrogens is 276 g/mol. The first-order valence-corrected chi connectivity index (χ1v) is 5.41. The summed E-state index contributed by atoms with van der Waals surface area (Å²) < 4.78 is 4.71. The molecule has 8 nitrogen and oxygen atoms in total. The Morgan fingerprint density at radius 2 is 2.26 bits per heavy atom. The van der Waals surface area contributed by atoms with Crippen molar-refractivity contribution in [2.75, 3.05) is 5.32 Å². The second-order valence-electron chi connectivity index (χ2n) is 3.52. The van der Waals surface area contributed by atoms with E-state index >= 15 is 0 Å². The van der Waals surface area contributed by atoms with Crippen molar-refractivity contribution in [3.05, 3.63) is 44.7 Å². The minimum absolute atomic E-state index is 0.0389. The van der Waals surface area contributed by atoms with Gasteiger partial charge in [-0.15, -0.1) is 0 Å². The molecule has 0 aliphatic heterocycles. The lowest BCUT2D eigenvalue weighted by atomic mass is 10.2. The first-order valence-electron chi connectivity index (χ1n) is 5.03. The number of hydrogen-bond donors (Lipinski definition) is 1. The number of benzene rings is 1. The fourth-order valence-corrected chi connectivity index (χ4v) is 1.57. The fourth-order valence-electron chi connectivity index (χ4n) is 1.31. The molecule has 0 aliphatic carbocycles. The Bertz CT molecular complexity index is 655. The van der Waals surface area contributed by atoms with Gasteiger partial charge in [-0.05, 0) is 13.0 Å². The molecule has 0 saturated carbocycles. The second kappa shape index (κ2) is 5.02. The summed E-state index contributed by atoms with van der Waals surface area (Å²) >= 11 is 5.81. The van der Waals surface area contributed by atoms with E-state index in [4.69, 9.17) is 16.1 Å². The number of halogens is 1. The van der Waals surface area contributed by atoms with Crippen LogP contribution in [0.4, 0.5) is 11.7 Å². The molecule has 0 aliphatic rings. The van der Waals surface area contributed by atoms with Gasteiger partial charge in [0.15, 0.2) is 5.82 Å². The Kier molecular flexibility index (Phi) is 3.43. The highest BCUT2D eigenvalue weighted by atomic mass is 35.5. The number of nitrogens with one attached hydrogen (secondary N) is 1. The number of nitro benzene ring substituents is 1. The van der Waals surface area contributed by atoms with Crippen LogP contribution in [-0.2, 0) is 0 Å². The molecule has 0 unspecified atom stereocenters. The van der Waals surface area contributed by atoms with Crippen LogP contribution in [0.3, 0.4) is 0 Å². The lowest BCUT2D eigenvalue weighted by molar-refractivity contribution is -0.384. The normalized spacial score (nSPS) is 10.2. The van der Waals surface area contributed by atoms with E-state index in [2.05, 4.69) is 15.5 Å². The van der Waals surface area contributed by atoms with E-state index in [1.165, 1.54) is 12.1 Å². The highest BCUT2D eigenvalue weighted by Crippen LogP contribution is 2.23. The molecule has 0 bridgehead atoms. The third-order valence-corrected chi connectivity index (χ3v) is 2.47. The van der Waals surface area contributed by atoms with Crippen LogP contribution in [-0.4, -0.2) is 21.0 Å². The summed E-state index contributed by atoms with van der Waals surface area (Å²) in [7, 11) is 0. The summed E-state index contributed by atoms with van der Waals surface area (Å²) in [6.07, 6.45) is 0. The predicted molar refractivity (Wildman–Crippen MR) is 65.1 cm³/mol. The molecule has 0 radical (unpaired) electrons. The van der Waals surface area contributed by atoms with Crippen LogP contribution in [0.1, 0.15) is 16.2 Å². The van der Waals surface area contributed by atoms with Gasteiger partial charge < -0.3 is 4.52 Å². The molecular formula is C10H7ClN4O4. The summed E-state index contributed by atoms with van der Waals surface area (Å²) in [4.78, 5) is 25.6. The molecule has 0 saturated heterocycles. The van der Waals surface area contributed by atoms with Crippen LogP contribution in [0.5, 0.6) is 0 Å². The number of carbonyl (C=O) groups excluding carboxylic acids is 1. The van der Waals surface area contributed by atoms with Gasteiger partial charge in [0.05, 0.1) is 15.5 Å². The predicted octanol–water partition coefficient (Wildman–Crippen LogP) is 2.19. The molecule has 1 aromatic heterocycles. The SMILES string of the molecule is Cc1noc(NC(=O)c2ccc([N+](=O)[O-])cc2Cl)n1. The maximum absolute atomic E-state index is 11.8. The first-order chi connectivity index (χ1) is 8.97. The van der Waals surface area contributed by atoms with Gasteiger partial charge in [-0.1, -0.05) is 16.8 Å². The zero-order valence-corrected chi connectivity index (χ0v) is 10.3. The Hall–Kier alpha value is -2.48. The van der Waals surface area contributed by atoms with E-state index < -0.39 is 10.8 Å². The Balaban J connectivity index is 2.22. The van der Waals surface area contributed by atoms with Crippen molar-refractivity contribution in [2.45, 2.75) is 6.92 Å². The molecule has 0 spiro atoms. The number of amides is 1. The molecule has 19 heavy (non-hydrogen) atoms. The third kappa shape index (κ3) is 2.86. The van der Waals surface area contributed by atoms with E-state index in [0.717, 1.165) is 6.07 Å². The van der Waals surface area contributed by atoms with Crippen LogP contribution in [0, 0.1) is 17.0 Å². The number of hydrogen-bond acceptors (Lipinski definition) is 6. The summed E-state index contributed by atoms with van der Waals surface area (Å²) in [6.45, 7) is 1.60. The fraction of sp³-hybridized carbons (Fsp3) is 0.100. The van der Waals surface area contributed by atoms with E-state index in [1.807, 2.05) is 0 Å². The maximum atomic E-state index is 11.8. The highest BCUT2D eigenvalue weighted by molar-refractivity contribution is 6.34. The number of nitrogens with zero attached hydrogens (tertiary/aromatic N) is 3. The van der Waals surface area contributed by atoms with Crippen molar-refractivity contribution in [2.24, 2.45) is 0 Å². The average Bonchev–Trinajstić information content (AvgIpc) is 2.74. The van der Waals surface area contributed by atoms with Gasteiger partial charge in [0.2, 0.25) is 0 Å². The van der Waals surface area contributed by atoms with Gasteiger partial charge in [0.1, 0.15) is 0 Å². The Morgan fingerprint density at radius 1 is 1.53 bits per heavy atom. The number of non-ortho nitro benzene ring substituents is 1. The van der Waals surface area contributed by atoms with E-state index in [1.54, 1.807) is 6.92 Å². The smallest absolute Gasteiger partial charge is 0.315 e. The largest absolute Gasteiger partial charge is 0.328 e. The van der Waals surface area contributed by atoms with E-state index in [0.29, 0.717) is 5.82 Å². The first kappa shape index (κ1) is 13.0. The number of anilines is 1. The molecule has 1 amide bonds. The zero-order valence-electron chi connectivity index (χ0n) is 9.58. The molecule has 1 aromatic carbocycles. The van der Waals surface area contributed by atoms with Crippen molar-refractivity contribution >= 4 is 29.2 Å². The van der Waals surface area contributed by atoms with E-state index in [-0.39, 0.29) is 22.3 Å². The molecule has 2 aromatic rings.